The molecule has 0 spiro atoms. The van der Waals surface area contributed by atoms with Gasteiger partial charge in [-0.3, -0.25) is 0 Å². The third-order valence-electron chi connectivity index (χ3n) is 10.1. The van der Waals surface area contributed by atoms with Gasteiger partial charge in [0.15, 0.2) is 0 Å². The Morgan fingerprint density at radius 3 is 2.54 bits per heavy atom. The summed E-state index contributed by atoms with van der Waals surface area (Å²) >= 11 is 0. The molecule has 1 N–H and O–H groups in total. The number of hydrogen-bond donors (Lipinski definition) is 1. The first-order valence-corrected chi connectivity index (χ1v) is 15.6. The van der Waals surface area contributed by atoms with Crippen LogP contribution in [0.15, 0.2) is 24.3 Å². The summed E-state index contributed by atoms with van der Waals surface area (Å²) in [6.45, 7) is 15.3. The van der Waals surface area contributed by atoms with E-state index in [0.717, 1.165) is 37.7 Å². The van der Waals surface area contributed by atoms with Gasteiger partial charge in [-0.25, -0.2) is 9.59 Å². The van der Waals surface area contributed by atoms with Crippen molar-refractivity contribution >= 4 is 19.3 Å². The molecule has 0 radical (unpaired) electrons. The largest absolute Gasteiger partial charge is 0.482 e. The van der Waals surface area contributed by atoms with E-state index < -0.39 is 24.8 Å². The van der Waals surface area contributed by atoms with Crippen molar-refractivity contribution in [3.05, 3.63) is 35.4 Å². The van der Waals surface area contributed by atoms with E-state index in [-0.39, 0.29) is 35.9 Å². The molecular formula is C32H49BN2O6. The van der Waals surface area contributed by atoms with Crippen LogP contribution in [0.3, 0.4) is 0 Å². The van der Waals surface area contributed by atoms with Crippen molar-refractivity contribution in [3.8, 4) is 0 Å². The number of ether oxygens (including phenoxy) is 2. The van der Waals surface area contributed by atoms with Gasteiger partial charge in [-0.1, -0.05) is 56.5 Å². The topological polar surface area (TPSA) is 86.3 Å². The average molecular weight is 569 g/mol. The lowest BCUT2D eigenvalue weighted by Crippen LogP contribution is -2.65. The van der Waals surface area contributed by atoms with Crippen LogP contribution in [0.4, 0.5) is 9.59 Å². The van der Waals surface area contributed by atoms with Gasteiger partial charge in [-0.2, -0.15) is 0 Å². The number of alkyl carbamates (subject to hydrolysis) is 1. The summed E-state index contributed by atoms with van der Waals surface area (Å²) in [5, 5.41) is 3.09. The second-order valence-electron chi connectivity index (χ2n) is 14.6. The van der Waals surface area contributed by atoms with Crippen molar-refractivity contribution in [3.63, 3.8) is 0 Å². The third-order valence-corrected chi connectivity index (χ3v) is 10.1. The zero-order valence-electron chi connectivity index (χ0n) is 26.0. The summed E-state index contributed by atoms with van der Waals surface area (Å²) < 4.78 is 24.8. The van der Waals surface area contributed by atoms with Crippen molar-refractivity contribution in [1.82, 2.24) is 10.2 Å². The Kier molecular flexibility index (Phi) is 8.43. The minimum absolute atomic E-state index is 0.0241. The monoisotopic (exact) mass is 568 g/mol. The van der Waals surface area contributed by atoms with Gasteiger partial charge in [0.1, 0.15) is 12.2 Å². The number of nitrogens with zero attached hydrogens (tertiary/aromatic N) is 1. The lowest BCUT2D eigenvalue weighted by Gasteiger charge is -2.64. The molecular weight excluding hydrogens is 519 g/mol. The fraction of sp³-hybridized carbons (Fsp3) is 0.750. The highest BCUT2D eigenvalue weighted by molar-refractivity contribution is 6.47. The Balaban J connectivity index is 1.26. The Hall–Kier alpha value is -2.26. The van der Waals surface area contributed by atoms with Gasteiger partial charge < -0.3 is 29.0 Å². The molecule has 41 heavy (non-hydrogen) atoms. The molecule has 5 fully saturated rings. The SMILES string of the molecule is Cc1ccc(C[C@H](NC(=O)OC[C@H]2CCCCCN2C(=O)OC(C)(C)C)B2O[C@@H]3C[C@@H]4C[C@@H](C4(C)C)[C@]3(C)O2)cc1. The maximum absolute atomic E-state index is 13.3. The summed E-state index contributed by atoms with van der Waals surface area (Å²) in [5.41, 5.74) is 1.57. The highest BCUT2D eigenvalue weighted by Gasteiger charge is 2.68. The van der Waals surface area contributed by atoms with Gasteiger partial charge in [0.25, 0.3) is 0 Å². The van der Waals surface area contributed by atoms with Crippen molar-refractivity contribution < 1.29 is 28.4 Å². The normalized spacial score (nSPS) is 31.4. The molecule has 1 aromatic carbocycles. The van der Waals surface area contributed by atoms with Crippen LogP contribution in [0, 0.1) is 24.2 Å². The summed E-state index contributed by atoms with van der Waals surface area (Å²) in [7, 11) is -0.565. The van der Waals surface area contributed by atoms with E-state index in [1.165, 1.54) is 12.0 Å². The number of hydrogen-bond acceptors (Lipinski definition) is 6. The number of carbonyl (C=O) groups is 2. The van der Waals surface area contributed by atoms with Crippen LogP contribution < -0.4 is 5.32 Å². The number of rotatable bonds is 6. The first kappa shape index (κ1) is 30.2. The minimum atomic E-state index is -0.583. The van der Waals surface area contributed by atoms with Crippen molar-refractivity contribution in [1.29, 1.82) is 0 Å². The third kappa shape index (κ3) is 6.41. The summed E-state index contributed by atoms with van der Waals surface area (Å²) in [5.74, 6) is 0.669. The zero-order valence-corrected chi connectivity index (χ0v) is 26.0. The van der Waals surface area contributed by atoms with E-state index in [1.54, 1.807) is 4.90 Å². The first-order chi connectivity index (χ1) is 19.3. The van der Waals surface area contributed by atoms with E-state index >= 15 is 0 Å². The quantitative estimate of drug-likeness (QED) is 0.419. The molecule has 6 rings (SSSR count). The second kappa shape index (κ2) is 11.4. The fourth-order valence-electron chi connectivity index (χ4n) is 7.54. The summed E-state index contributed by atoms with van der Waals surface area (Å²) in [6.07, 6.45) is 5.57. The van der Waals surface area contributed by atoms with Gasteiger partial charge in [-0.05, 0) is 89.5 Å². The molecule has 0 unspecified atom stereocenters. The number of carbonyl (C=O) groups excluding carboxylic acids is 2. The molecule has 8 nitrogen and oxygen atoms in total. The van der Waals surface area contributed by atoms with Gasteiger partial charge >= 0.3 is 19.3 Å². The highest BCUT2D eigenvalue weighted by atomic mass is 16.7. The first-order valence-electron chi connectivity index (χ1n) is 15.6. The molecule has 3 aliphatic carbocycles. The molecule has 226 valence electrons. The summed E-state index contributed by atoms with van der Waals surface area (Å²) in [6, 6.07) is 8.11. The second-order valence-corrected chi connectivity index (χ2v) is 14.6. The van der Waals surface area contributed by atoms with E-state index in [1.807, 2.05) is 20.8 Å². The smallest absolute Gasteiger partial charge is 0.447 e. The lowest BCUT2D eigenvalue weighted by molar-refractivity contribution is -0.199. The lowest BCUT2D eigenvalue weighted by atomic mass is 9.43. The minimum Gasteiger partial charge on any atom is -0.447 e. The highest BCUT2D eigenvalue weighted by Crippen LogP contribution is 2.65. The molecule has 3 saturated carbocycles. The Morgan fingerprint density at radius 2 is 1.85 bits per heavy atom. The van der Waals surface area contributed by atoms with E-state index in [0.29, 0.717) is 24.8 Å². The number of nitrogens with one attached hydrogen (secondary N) is 1. The maximum Gasteiger partial charge on any atom is 0.482 e. The molecule has 2 bridgehead atoms. The molecule has 2 saturated heterocycles. The van der Waals surface area contributed by atoms with Gasteiger partial charge in [0.2, 0.25) is 0 Å². The van der Waals surface area contributed by atoms with E-state index in [9.17, 15) is 9.59 Å². The van der Waals surface area contributed by atoms with Crippen molar-refractivity contribution in [2.45, 2.75) is 123 Å². The number of amides is 2. The van der Waals surface area contributed by atoms with Gasteiger partial charge in [0.05, 0.1) is 23.7 Å². The zero-order chi connectivity index (χ0) is 29.6. The maximum atomic E-state index is 13.3. The Labute approximate surface area is 246 Å². The number of benzene rings is 1. The van der Waals surface area contributed by atoms with Crippen LogP contribution in [0.25, 0.3) is 0 Å². The fourth-order valence-corrected chi connectivity index (χ4v) is 7.54. The summed E-state index contributed by atoms with van der Waals surface area (Å²) in [4.78, 5) is 28.0. The molecule has 2 amide bonds. The average Bonchev–Trinajstić information content (AvgIpc) is 3.07. The predicted molar refractivity (Wildman–Crippen MR) is 158 cm³/mol. The Morgan fingerprint density at radius 1 is 1.12 bits per heavy atom. The van der Waals surface area contributed by atoms with Crippen molar-refractivity contribution in [2.75, 3.05) is 13.2 Å². The molecule has 1 aromatic rings. The predicted octanol–water partition coefficient (Wildman–Crippen LogP) is 6.08. The Bertz CT molecular complexity index is 1100. The standard InChI is InChI=1S/C32H49BN2O6/c1-21-12-14-22(15-13-21)17-27(33-40-26-19-23-18-25(31(23,5)6)32(26,7)41-33)34-28(36)38-20-24-11-9-8-10-16-35(24)29(37)39-30(2,3)4/h12-15,23-27H,8-11,16-20H2,1-7H3,(H,34,36)/t23-,24+,25-,26+,27-,32-/m0/s1. The van der Waals surface area contributed by atoms with Crippen LogP contribution in [0.5, 0.6) is 0 Å². The number of likely N-dealkylation sites (tertiary alicyclic amines) is 1. The molecule has 9 heteroatoms. The molecule has 2 aliphatic heterocycles. The van der Waals surface area contributed by atoms with Crippen LogP contribution in [0.1, 0.15) is 91.2 Å². The molecule has 5 aliphatic rings. The van der Waals surface area contributed by atoms with E-state index in [4.69, 9.17) is 18.8 Å². The molecule has 2 heterocycles. The molecule has 0 aromatic heterocycles. The van der Waals surface area contributed by atoms with Crippen LogP contribution in [0.2, 0.25) is 0 Å². The van der Waals surface area contributed by atoms with Gasteiger partial charge in [0, 0.05) is 6.54 Å². The van der Waals surface area contributed by atoms with Crippen LogP contribution in [-0.2, 0) is 25.2 Å². The van der Waals surface area contributed by atoms with Crippen molar-refractivity contribution in [2.24, 2.45) is 17.3 Å². The number of aryl methyl sites for hydroxylation is 1. The van der Waals surface area contributed by atoms with Crippen LogP contribution >= 0.6 is 0 Å². The van der Waals surface area contributed by atoms with E-state index in [2.05, 4.69) is 57.3 Å². The van der Waals surface area contributed by atoms with Gasteiger partial charge in [-0.15, -0.1) is 0 Å². The van der Waals surface area contributed by atoms with Crippen LogP contribution in [-0.4, -0.2) is 66.6 Å². The molecule has 6 atom stereocenters.